The monoisotopic (exact) mass is 305 g/mol. The molecule has 0 saturated heterocycles. The summed E-state index contributed by atoms with van der Waals surface area (Å²) < 4.78 is 14.5. The van der Waals surface area contributed by atoms with E-state index in [1.165, 1.54) is 23.7 Å². The highest BCUT2D eigenvalue weighted by molar-refractivity contribution is 5.83. The van der Waals surface area contributed by atoms with Gasteiger partial charge in [-0.15, -0.1) is 0 Å². The Hall–Kier alpha value is -2.70. The number of hydrogen-bond donors (Lipinski definition) is 2. The zero-order chi connectivity index (χ0) is 16.4. The SMILES string of the molecule is CC(=O)NC(C(=O)O)c1c(C)nn(-c2ccc(F)cc2)c1C. The van der Waals surface area contributed by atoms with Crippen LogP contribution in [0.1, 0.15) is 29.9 Å². The third kappa shape index (κ3) is 2.98. The number of carbonyl (C=O) groups excluding carboxylic acids is 1. The maximum absolute atomic E-state index is 13.0. The molecule has 0 spiro atoms. The molecule has 22 heavy (non-hydrogen) atoms. The van der Waals surface area contributed by atoms with Crippen LogP contribution in [0, 0.1) is 19.7 Å². The highest BCUT2D eigenvalue weighted by Gasteiger charge is 2.28. The Labute approximate surface area is 126 Å². The second kappa shape index (κ2) is 5.97. The Kier molecular flexibility index (Phi) is 4.25. The first-order valence-electron chi connectivity index (χ1n) is 6.63. The largest absolute Gasteiger partial charge is 0.479 e. The number of nitrogens with zero attached hydrogens (tertiary/aromatic N) is 2. The molecule has 1 heterocycles. The second-order valence-corrected chi connectivity index (χ2v) is 4.94. The van der Waals surface area contributed by atoms with Gasteiger partial charge in [-0.2, -0.15) is 5.10 Å². The molecule has 2 rings (SSSR count). The Bertz CT molecular complexity index is 722. The number of carbonyl (C=O) groups is 2. The lowest BCUT2D eigenvalue weighted by molar-refractivity contribution is -0.141. The average Bonchev–Trinajstić information content (AvgIpc) is 2.72. The van der Waals surface area contributed by atoms with Gasteiger partial charge in [0.25, 0.3) is 0 Å². The molecule has 1 aromatic heterocycles. The van der Waals surface area contributed by atoms with E-state index in [2.05, 4.69) is 10.4 Å². The smallest absolute Gasteiger partial charge is 0.331 e. The standard InChI is InChI=1S/C15H16FN3O3/c1-8-13(14(15(21)22)17-10(3)20)9(2)19(18-8)12-6-4-11(16)5-7-12/h4-7,14H,1-3H3,(H,17,20)(H,21,22). The summed E-state index contributed by atoms with van der Waals surface area (Å²) >= 11 is 0. The minimum Gasteiger partial charge on any atom is -0.479 e. The number of carboxylic acid groups (broad SMARTS) is 1. The summed E-state index contributed by atoms with van der Waals surface area (Å²) in [5.41, 5.74) is 2.10. The summed E-state index contributed by atoms with van der Waals surface area (Å²) in [5, 5.41) is 16.0. The van der Waals surface area contributed by atoms with Gasteiger partial charge in [-0.05, 0) is 38.1 Å². The number of aromatic nitrogens is 2. The third-order valence-electron chi connectivity index (χ3n) is 3.30. The van der Waals surface area contributed by atoms with Crippen molar-refractivity contribution in [1.82, 2.24) is 15.1 Å². The van der Waals surface area contributed by atoms with Gasteiger partial charge in [0.05, 0.1) is 11.4 Å². The van der Waals surface area contributed by atoms with Gasteiger partial charge in [0.2, 0.25) is 5.91 Å². The van der Waals surface area contributed by atoms with Crippen LogP contribution in [-0.4, -0.2) is 26.8 Å². The van der Waals surface area contributed by atoms with Gasteiger partial charge in [-0.25, -0.2) is 13.9 Å². The summed E-state index contributed by atoms with van der Waals surface area (Å²) in [6, 6.07) is 4.52. The van der Waals surface area contributed by atoms with Crippen molar-refractivity contribution in [2.75, 3.05) is 0 Å². The van der Waals surface area contributed by atoms with Crippen molar-refractivity contribution < 1.29 is 19.1 Å². The number of carboxylic acids is 1. The normalized spacial score (nSPS) is 12.0. The van der Waals surface area contributed by atoms with Crippen molar-refractivity contribution in [2.45, 2.75) is 26.8 Å². The van der Waals surface area contributed by atoms with Crippen LogP contribution in [-0.2, 0) is 9.59 Å². The van der Waals surface area contributed by atoms with Crippen molar-refractivity contribution in [3.8, 4) is 5.69 Å². The van der Waals surface area contributed by atoms with Crippen LogP contribution in [0.3, 0.4) is 0 Å². The number of benzene rings is 1. The van der Waals surface area contributed by atoms with E-state index in [1.807, 2.05) is 0 Å². The van der Waals surface area contributed by atoms with E-state index in [0.29, 0.717) is 22.6 Å². The lowest BCUT2D eigenvalue weighted by atomic mass is 10.0. The Balaban J connectivity index is 2.52. The summed E-state index contributed by atoms with van der Waals surface area (Å²) in [6.45, 7) is 4.63. The fourth-order valence-corrected chi connectivity index (χ4v) is 2.37. The van der Waals surface area contributed by atoms with E-state index in [9.17, 15) is 19.1 Å². The molecule has 7 heteroatoms. The molecule has 1 unspecified atom stereocenters. The number of rotatable bonds is 4. The van der Waals surface area contributed by atoms with E-state index >= 15 is 0 Å². The van der Waals surface area contributed by atoms with E-state index in [1.54, 1.807) is 26.0 Å². The Morgan fingerprint density at radius 1 is 1.27 bits per heavy atom. The van der Waals surface area contributed by atoms with Gasteiger partial charge < -0.3 is 10.4 Å². The third-order valence-corrected chi connectivity index (χ3v) is 3.30. The van der Waals surface area contributed by atoms with Crippen molar-refractivity contribution in [3.63, 3.8) is 0 Å². The summed E-state index contributed by atoms with van der Waals surface area (Å²) in [7, 11) is 0. The number of aryl methyl sites for hydroxylation is 1. The van der Waals surface area contributed by atoms with E-state index in [0.717, 1.165) is 0 Å². The number of halogens is 1. The summed E-state index contributed by atoms with van der Waals surface area (Å²) in [4.78, 5) is 22.7. The molecule has 1 atom stereocenters. The van der Waals surface area contributed by atoms with Crippen molar-refractivity contribution >= 4 is 11.9 Å². The molecule has 6 nitrogen and oxygen atoms in total. The lowest BCUT2D eigenvalue weighted by Gasteiger charge is -2.14. The van der Waals surface area contributed by atoms with Crippen LogP contribution >= 0.6 is 0 Å². The van der Waals surface area contributed by atoms with Crippen LogP contribution in [0.4, 0.5) is 4.39 Å². The Morgan fingerprint density at radius 3 is 2.36 bits per heavy atom. The first-order chi connectivity index (χ1) is 10.3. The molecule has 1 aromatic carbocycles. The maximum atomic E-state index is 13.0. The van der Waals surface area contributed by atoms with Crippen molar-refractivity contribution in [1.29, 1.82) is 0 Å². The molecule has 0 aliphatic heterocycles. The van der Waals surface area contributed by atoms with Gasteiger partial charge in [0, 0.05) is 18.2 Å². The van der Waals surface area contributed by atoms with Gasteiger partial charge in [0.1, 0.15) is 5.82 Å². The molecule has 2 N–H and O–H groups in total. The number of hydrogen-bond acceptors (Lipinski definition) is 3. The predicted octanol–water partition coefficient (Wildman–Crippen LogP) is 1.89. The van der Waals surface area contributed by atoms with Gasteiger partial charge in [-0.3, -0.25) is 4.79 Å². The summed E-state index contributed by atoms with van der Waals surface area (Å²) in [6.07, 6.45) is 0. The van der Waals surface area contributed by atoms with E-state index < -0.39 is 17.9 Å². The first kappa shape index (κ1) is 15.7. The van der Waals surface area contributed by atoms with Gasteiger partial charge in [-0.1, -0.05) is 0 Å². The van der Waals surface area contributed by atoms with Crippen molar-refractivity contribution in [3.05, 3.63) is 47.0 Å². The molecule has 0 radical (unpaired) electrons. The Morgan fingerprint density at radius 2 is 1.86 bits per heavy atom. The van der Waals surface area contributed by atoms with Crippen LogP contribution in [0.5, 0.6) is 0 Å². The zero-order valence-corrected chi connectivity index (χ0v) is 12.4. The average molecular weight is 305 g/mol. The number of aliphatic carboxylic acids is 1. The molecule has 0 saturated carbocycles. The molecular weight excluding hydrogens is 289 g/mol. The maximum Gasteiger partial charge on any atom is 0.331 e. The molecular formula is C15H16FN3O3. The molecule has 0 aliphatic rings. The van der Waals surface area contributed by atoms with Crippen LogP contribution in [0.25, 0.3) is 5.69 Å². The van der Waals surface area contributed by atoms with E-state index in [-0.39, 0.29) is 5.82 Å². The minimum absolute atomic E-state index is 0.368. The fraction of sp³-hybridized carbons (Fsp3) is 0.267. The zero-order valence-electron chi connectivity index (χ0n) is 12.4. The quantitative estimate of drug-likeness (QED) is 0.903. The molecule has 0 bridgehead atoms. The predicted molar refractivity (Wildman–Crippen MR) is 77.2 cm³/mol. The first-order valence-corrected chi connectivity index (χ1v) is 6.63. The highest BCUT2D eigenvalue weighted by atomic mass is 19.1. The van der Waals surface area contributed by atoms with Crippen molar-refractivity contribution in [2.24, 2.45) is 0 Å². The highest BCUT2D eigenvalue weighted by Crippen LogP contribution is 2.24. The minimum atomic E-state index is -1.17. The lowest BCUT2D eigenvalue weighted by Crippen LogP contribution is -2.32. The number of nitrogens with one attached hydrogen (secondary N) is 1. The number of amides is 1. The van der Waals surface area contributed by atoms with Crippen LogP contribution in [0.15, 0.2) is 24.3 Å². The van der Waals surface area contributed by atoms with Gasteiger partial charge in [0.15, 0.2) is 6.04 Å². The topological polar surface area (TPSA) is 84.2 Å². The molecule has 116 valence electrons. The van der Waals surface area contributed by atoms with Crippen LogP contribution < -0.4 is 5.32 Å². The van der Waals surface area contributed by atoms with E-state index in [4.69, 9.17) is 0 Å². The second-order valence-electron chi connectivity index (χ2n) is 4.94. The van der Waals surface area contributed by atoms with Gasteiger partial charge >= 0.3 is 5.97 Å². The molecule has 0 fully saturated rings. The molecule has 1 amide bonds. The molecule has 0 aliphatic carbocycles. The fourth-order valence-electron chi connectivity index (χ4n) is 2.37. The van der Waals surface area contributed by atoms with Crippen LogP contribution in [0.2, 0.25) is 0 Å². The summed E-state index contributed by atoms with van der Waals surface area (Å²) in [5.74, 6) is -1.98. The molecule has 2 aromatic rings.